The molecule has 1 rings (SSSR count). The van der Waals surface area contributed by atoms with Crippen molar-refractivity contribution in [1.82, 2.24) is 0 Å². The molecule has 0 spiro atoms. The van der Waals surface area contributed by atoms with Crippen LogP contribution in [0.2, 0.25) is 5.02 Å². The molecule has 0 radical (unpaired) electrons. The topological polar surface area (TPSA) is 26.0 Å². The van der Waals surface area contributed by atoms with Crippen molar-refractivity contribution in [2.45, 2.75) is 19.4 Å². The molecule has 0 bridgehead atoms. The molecular formula is C9H11ClFN. The summed E-state index contributed by atoms with van der Waals surface area (Å²) >= 11 is 5.82. The van der Waals surface area contributed by atoms with E-state index in [1.807, 2.05) is 6.92 Å². The van der Waals surface area contributed by atoms with Crippen molar-refractivity contribution in [3.63, 3.8) is 0 Å². The van der Waals surface area contributed by atoms with Gasteiger partial charge in [-0.3, -0.25) is 0 Å². The summed E-state index contributed by atoms with van der Waals surface area (Å²) in [6.07, 6.45) is 0.753. The molecule has 3 heteroatoms. The maximum Gasteiger partial charge on any atom is 0.123 e. The van der Waals surface area contributed by atoms with Crippen LogP contribution in [0.15, 0.2) is 18.2 Å². The van der Waals surface area contributed by atoms with E-state index in [4.69, 9.17) is 17.3 Å². The van der Waals surface area contributed by atoms with Crippen molar-refractivity contribution in [3.8, 4) is 0 Å². The Hall–Kier alpha value is -0.600. The van der Waals surface area contributed by atoms with Crippen LogP contribution in [0.5, 0.6) is 0 Å². The van der Waals surface area contributed by atoms with Crippen molar-refractivity contribution >= 4 is 11.6 Å². The summed E-state index contributed by atoms with van der Waals surface area (Å²) in [4.78, 5) is 0. The zero-order valence-corrected chi connectivity index (χ0v) is 7.61. The molecule has 0 heterocycles. The summed E-state index contributed by atoms with van der Waals surface area (Å²) < 4.78 is 12.7. The summed E-state index contributed by atoms with van der Waals surface area (Å²) in [6.45, 7) is 1.94. The fourth-order valence-electron chi connectivity index (χ4n) is 1.02. The van der Waals surface area contributed by atoms with Crippen LogP contribution in [0.3, 0.4) is 0 Å². The fraction of sp³-hybridized carbons (Fsp3) is 0.333. The van der Waals surface area contributed by atoms with E-state index in [2.05, 4.69) is 0 Å². The van der Waals surface area contributed by atoms with Gasteiger partial charge in [0.2, 0.25) is 0 Å². The molecule has 66 valence electrons. The monoisotopic (exact) mass is 187 g/mol. The molecule has 1 atom stereocenters. The van der Waals surface area contributed by atoms with Gasteiger partial charge >= 0.3 is 0 Å². The molecule has 2 N–H and O–H groups in total. The van der Waals surface area contributed by atoms with Gasteiger partial charge < -0.3 is 5.73 Å². The lowest BCUT2D eigenvalue weighted by Crippen LogP contribution is -2.09. The highest BCUT2D eigenvalue weighted by atomic mass is 35.5. The smallest absolute Gasteiger partial charge is 0.123 e. The van der Waals surface area contributed by atoms with Gasteiger partial charge in [0.25, 0.3) is 0 Å². The second-order valence-corrected chi connectivity index (χ2v) is 3.09. The van der Waals surface area contributed by atoms with Crippen molar-refractivity contribution in [2.24, 2.45) is 5.73 Å². The molecule has 0 saturated carbocycles. The third-order valence-corrected chi connectivity index (χ3v) is 2.14. The van der Waals surface area contributed by atoms with Crippen LogP contribution in [-0.4, -0.2) is 0 Å². The summed E-state index contributed by atoms with van der Waals surface area (Å²) in [6, 6.07) is 4.07. The summed E-state index contributed by atoms with van der Waals surface area (Å²) in [5.41, 5.74) is 6.39. The normalized spacial score (nSPS) is 13.0. The Kier molecular flexibility index (Phi) is 3.06. The average molecular weight is 188 g/mol. The van der Waals surface area contributed by atoms with Crippen molar-refractivity contribution < 1.29 is 4.39 Å². The van der Waals surface area contributed by atoms with Gasteiger partial charge in [-0.15, -0.1) is 0 Å². The summed E-state index contributed by atoms with van der Waals surface area (Å²) in [7, 11) is 0. The predicted molar refractivity (Wildman–Crippen MR) is 48.6 cm³/mol. The van der Waals surface area contributed by atoms with E-state index in [0.29, 0.717) is 10.6 Å². The molecule has 0 fully saturated rings. The SMILES string of the molecule is CC[C@@H](N)c1cc(F)ccc1Cl. The largest absolute Gasteiger partial charge is 0.324 e. The number of benzene rings is 1. The van der Waals surface area contributed by atoms with E-state index in [9.17, 15) is 4.39 Å². The first-order chi connectivity index (χ1) is 5.65. The second-order valence-electron chi connectivity index (χ2n) is 2.68. The zero-order chi connectivity index (χ0) is 9.14. The lowest BCUT2D eigenvalue weighted by atomic mass is 10.1. The molecular weight excluding hydrogens is 177 g/mol. The lowest BCUT2D eigenvalue weighted by Gasteiger charge is -2.10. The average Bonchev–Trinajstić information content (AvgIpc) is 2.08. The van der Waals surface area contributed by atoms with Crippen LogP contribution in [0.4, 0.5) is 4.39 Å². The molecule has 1 nitrogen and oxygen atoms in total. The van der Waals surface area contributed by atoms with E-state index < -0.39 is 0 Å². The van der Waals surface area contributed by atoms with Gasteiger partial charge in [-0.2, -0.15) is 0 Å². The summed E-state index contributed by atoms with van der Waals surface area (Å²) in [5, 5.41) is 0.533. The standard InChI is InChI=1S/C9H11ClFN/c1-2-9(12)7-5-6(11)3-4-8(7)10/h3-5,9H,2,12H2,1H3/t9-/m1/s1. The Morgan fingerprint density at radius 2 is 2.25 bits per heavy atom. The lowest BCUT2D eigenvalue weighted by molar-refractivity contribution is 0.617. The Morgan fingerprint density at radius 3 is 2.83 bits per heavy atom. The molecule has 0 unspecified atom stereocenters. The molecule has 12 heavy (non-hydrogen) atoms. The molecule has 0 amide bonds. The first-order valence-corrected chi connectivity index (χ1v) is 4.23. The number of hydrogen-bond donors (Lipinski definition) is 1. The minimum absolute atomic E-state index is 0.173. The van der Waals surface area contributed by atoms with E-state index in [1.165, 1.54) is 18.2 Å². The number of nitrogens with two attached hydrogens (primary N) is 1. The van der Waals surface area contributed by atoms with Crippen LogP contribution >= 0.6 is 11.6 Å². The zero-order valence-electron chi connectivity index (χ0n) is 6.85. The Labute approximate surface area is 76.3 Å². The highest BCUT2D eigenvalue weighted by molar-refractivity contribution is 6.31. The number of rotatable bonds is 2. The third kappa shape index (κ3) is 1.96. The van der Waals surface area contributed by atoms with E-state index in [-0.39, 0.29) is 11.9 Å². The molecule has 0 aromatic heterocycles. The predicted octanol–water partition coefficient (Wildman–Crippen LogP) is 2.89. The van der Waals surface area contributed by atoms with Crippen molar-refractivity contribution in [1.29, 1.82) is 0 Å². The molecule has 1 aromatic carbocycles. The number of hydrogen-bond acceptors (Lipinski definition) is 1. The summed E-state index contributed by atoms with van der Waals surface area (Å²) in [5.74, 6) is -0.293. The van der Waals surface area contributed by atoms with Gasteiger partial charge in [0.1, 0.15) is 5.82 Å². The van der Waals surface area contributed by atoms with Crippen LogP contribution in [0, 0.1) is 5.82 Å². The van der Waals surface area contributed by atoms with Gasteiger partial charge in [0, 0.05) is 11.1 Å². The molecule has 0 aliphatic carbocycles. The Morgan fingerprint density at radius 1 is 1.58 bits per heavy atom. The Balaban J connectivity index is 3.04. The maximum atomic E-state index is 12.7. The van der Waals surface area contributed by atoms with Gasteiger partial charge in [0.05, 0.1) is 0 Å². The maximum absolute atomic E-state index is 12.7. The van der Waals surface area contributed by atoms with E-state index >= 15 is 0 Å². The van der Waals surface area contributed by atoms with E-state index in [1.54, 1.807) is 0 Å². The van der Waals surface area contributed by atoms with Gasteiger partial charge in [-0.1, -0.05) is 18.5 Å². The minimum atomic E-state index is -0.293. The van der Waals surface area contributed by atoms with Gasteiger partial charge in [-0.05, 0) is 30.2 Å². The van der Waals surface area contributed by atoms with Gasteiger partial charge in [-0.25, -0.2) is 4.39 Å². The van der Waals surface area contributed by atoms with Crippen LogP contribution in [0.1, 0.15) is 24.9 Å². The first kappa shape index (κ1) is 9.49. The first-order valence-electron chi connectivity index (χ1n) is 3.85. The van der Waals surface area contributed by atoms with Crippen LogP contribution in [-0.2, 0) is 0 Å². The van der Waals surface area contributed by atoms with Crippen LogP contribution in [0.25, 0.3) is 0 Å². The van der Waals surface area contributed by atoms with Crippen molar-refractivity contribution in [3.05, 3.63) is 34.6 Å². The highest BCUT2D eigenvalue weighted by Crippen LogP contribution is 2.23. The minimum Gasteiger partial charge on any atom is -0.324 e. The van der Waals surface area contributed by atoms with Crippen LogP contribution < -0.4 is 5.73 Å². The van der Waals surface area contributed by atoms with E-state index in [0.717, 1.165) is 6.42 Å². The molecule has 1 aromatic rings. The molecule has 0 aliphatic heterocycles. The molecule has 0 aliphatic rings. The quantitative estimate of drug-likeness (QED) is 0.757. The fourth-order valence-corrected chi connectivity index (χ4v) is 1.28. The second kappa shape index (κ2) is 3.87. The number of halogens is 2. The Bertz CT molecular complexity index is 275. The third-order valence-electron chi connectivity index (χ3n) is 1.80. The van der Waals surface area contributed by atoms with Crippen molar-refractivity contribution in [2.75, 3.05) is 0 Å². The highest BCUT2D eigenvalue weighted by Gasteiger charge is 2.08. The molecule has 0 saturated heterocycles. The van der Waals surface area contributed by atoms with Gasteiger partial charge in [0.15, 0.2) is 0 Å².